The molecule has 0 bridgehead atoms. The number of nitrogens with zero attached hydrogens (tertiary/aromatic N) is 2. The molecule has 2 aliphatic heterocycles. The number of carbonyl (C=O) groups excluding carboxylic acids is 1. The Labute approximate surface area is 161 Å². The number of nitrogens with one attached hydrogen (secondary N) is 1. The number of aromatic nitrogens is 1. The summed E-state index contributed by atoms with van der Waals surface area (Å²) in [7, 11) is 0. The van der Waals surface area contributed by atoms with Crippen LogP contribution in [0, 0.1) is 11.7 Å². The average Bonchev–Trinajstić information content (AvgIpc) is 3.17. The van der Waals surface area contributed by atoms with E-state index in [0.717, 1.165) is 24.9 Å². The fourth-order valence-corrected chi connectivity index (χ4v) is 5.47. The minimum absolute atomic E-state index is 0.164. The third-order valence-electron chi connectivity index (χ3n) is 6.95. The van der Waals surface area contributed by atoms with E-state index in [-0.39, 0.29) is 17.5 Å². The highest BCUT2D eigenvalue weighted by Crippen LogP contribution is 2.57. The van der Waals surface area contributed by atoms with Gasteiger partial charge in [-0.05, 0) is 49.9 Å². The predicted molar refractivity (Wildman–Crippen MR) is 102 cm³/mol. The molecule has 2 saturated heterocycles. The molecule has 142 valence electrons. The van der Waals surface area contributed by atoms with Gasteiger partial charge in [0, 0.05) is 29.8 Å². The lowest BCUT2D eigenvalue weighted by molar-refractivity contribution is -0.0859. The Morgan fingerprint density at radius 1 is 1.25 bits per heavy atom. The molecule has 1 amide bonds. The van der Waals surface area contributed by atoms with Gasteiger partial charge in [-0.25, -0.2) is 9.37 Å². The van der Waals surface area contributed by atoms with Crippen LogP contribution in [0.25, 0.3) is 22.6 Å². The van der Waals surface area contributed by atoms with Crippen LogP contribution < -0.4 is 5.32 Å². The molecule has 3 aliphatic rings. The molecule has 6 heteroatoms. The molecule has 3 fully saturated rings. The van der Waals surface area contributed by atoms with Crippen molar-refractivity contribution < 1.29 is 13.6 Å². The maximum atomic E-state index is 14.2. The highest BCUT2D eigenvalue weighted by atomic mass is 19.1. The highest BCUT2D eigenvalue weighted by molar-refractivity contribution is 6.05. The summed E-state index contributed by atoms with van der Waals surface area (Å²) >= 11 is 0. The van der Waals surface area contributed by atoms with E-state index in [4.69, 9.17) is 4.42 Å². The maximum absolute atomic E-state index is 14.2. The molecule has 6 rings (SSSR count). The van der Waals surface area contributed by atoms with E-state index in [1.165, 1.54) is 25.1 Å². The van der Waals surface area contributed by atoms with Gasteiger partial charge in [-0.2, -0.15) is 0 Å². The van der Waals surface area contributed by atoms with Crippen LogP contribution in [0.3, 0.4) is 0 Å². The van der Waals surface area contributed by atoms with Gasteiger partial charge in [-0.3, -0.25) is 9.69 Å². The Balaban J connectivity index is 1.31. The Morgan fingerprint density at radius 3 is 2.89 bits per heavy atom. The first-order valence-electron chi connectivity index (χ1n) is 9.85. The number of fused-ring (bicyclic) bond motifs is 1. The minimum Gasteiger partial charge on any atom is -0.436 e. The van der Waals surface area contributed by atoms with Crippen molar-refractivity contribution in [2.75, 3.05) is 13.1 Å². The number of hydrogen-bond acceptors (Lipinski definition) is 4. The fraction of sp³-hybridized carbons (Fsp3) is 0.364. The Morgan fingerprint density at radius 2 is 2.11 bits per heavy atom. The summed E-state index contributed by atoms with van der Waals surface area (Å²) in [6, 6.07) is 12.1. The van der Waals surface area contributed by atoms with Crippen molar-refractivity contribution in [2.45, 2.75) is 30.8 Å². The summed E-state index contributed by atoms with van der Waals surface area (Å²) in [5, 5.41) is 3.14. The first-order chi connectivity index (χ1) is 13.6. The molecule has 2 aromatic carbocycles. The summed E-state index contributed by atoms with van der Waals surface area (Å²) in [6.45, 7) is 2.31. The van der Waals surface area contributed by atoms with E-state index in [9.17, 15) is 9.18 Å². The van der Waals surface area contributed by atoms with Crippen molar-refractivity contribution in [2.24, 2.45) is 5.92 Å². The summed E-state index contributed by atoms with van der Waals surface area (Å²) in [5.41, 5.74) is 2.07. The van der Waals surface area contributed by atoms with E-state index < -0.39 is 5.82 Å². The predicted octanol–water partition coefficient (Wildman–Crippen LogP) is 3.60. The van der Waals surface area contributed by atoms with E-state index >= 15 is 0 Å². The van der Waals surface area contributed by atoms with Crippen LogP contribution in [-0.4, -0.2) is 40.5 Å². The van der Waals surface area contributed by atoms with Crippen LogP contribution in [0.2, 0.25) is 0 Å². The molecule has 1 spiro atoms. The zero-order valence-electron chi connectivity index (χ0n) is 15.3. The third-order valence-corrected chi connectivity index (χ3v) is 6.95. The van der Waals surface area contributed by atoms with Crippen molar-refractivity contribution in [3.63, 3.8) is 0 Å². The molecule has 3 heterocycles. The third kappa shape index (κ3) is 2.15. The normalized spacial score (nSPS) is 28.3. The SMILES string of the molecule is O=C(NC1CC23CCN2CCC13)c1cc(F)cc2oc(-c3ccccc3)nc12. The molecular formula is C22H20FN3O2. The molecule has 1 saturated carbocycles. The van der Waals surface area contributed by atoms with Gasteiger partial charge in [-0.15, -0.1) is 0 Å². The van der Waals surface area contributed by atoms with Gasteiger partial charge in [0.15, 0.2) is 5.58 Å². The van der Waals surface area contributed by atoms with Crippen LogP contribution in [0.15, 0.2) is 46.9 Å². The molecule has 3 unspecified atom stereocenters. The van der Waals surface area contributed by atoms with Gasteiger partial charge < -0.3 is 9.73 Å². The second kappa shape index (κ2) is 5.64. The molecule has 1 aliphatic carbocycles. The first kappa shape index (κ1) is 16.2. The Bertz CT molecular complexity index is 1100. The van der Waals surface area contributed by atoms with E-state index in [0.29, 0.717) is 28.4 Å². The molecule has 3 aromatic rings. The monoisotopic (exact) mass is 377 g/mol. The van der Waals surface area contributed by atoms with E-state index in [1.807, 2.05) is 30.3 Å². The van der Waals surface area contributed by atoms with Gasteiger partial charge in [0.05, 0.1) is 5.56 Å². The number of oxazole rings is 1. The molecule has 1 aromatic heterocycles. The molecule has 0 radical (unpaired) electrons. The minimum atomic E-state index is -0.496. The zero-order valence-corrected chi connectivity index (χ0v) is 15.3. The van der Waals surface area contributed by atoms with Crippen LogP contribution in [0.4, 0.5) is 4.39 Å². The lowest BCUT2D eigenvalue weighted by atomic mass is 9.58. The van der Waals surface area contributed by atoms with Crippen molar-refractivity contribution >= 4 is 17.0 Å². The summed E-state index contributed by atoms with van der Waals surface area (Å²) in [6.07, 6.45) is 3.36. The molecule has 5 nitrogen and oxygen atoms in total. The van der Waals surface area contributed by atoms with Crippen molar-refractivity contribution in [1.29, 1.82) is 0 Å². The fourth-order valence-electron chi connectivity index (χ4n) is 5.47. The first-order valence-corrected chi connectivity index (χ1v) is 9.85. The van der Waals surface area contributed by atoms with Crippen LogP contribution in [0.1, 0.15) is 29.6 Å². The number of benzene rings is 2. The zero-order chi connectivity index (χ0) is 18.9. The van der Waals surface area contributed by atoms with Crippen molar-refractivity contribution in [1.82, 2.24) is 15.2 Å². The topological polar surface area (TPSA) is 58.4 Å². The second-order valence-corrected chi connectivity index (χ2v) is 8.21. The van der Waals surface area contributed by atoms with Crippen LogP contribution in [0.5, 0.6) is 0 Å². The number of halogens is 1. The molecular weight excluding hydrogens is 357 g/mol. The van der Waals surface area contributed by atoms with Gasteiger partial charge in [0.2, 0.25) is 5.89 Å². The smallest absolute Gasteiger partial charge is 0.253 e. The van der Waals surface area contributed by atoms with Crippen LogP contribution >= 0.6 is 0 Å². The van der Waals surface area contributed by atoms with Crippen molar-refractivity contribution in [3.8, 4) is 11.5 Å². The average molecular weight is 377 g/mol. The van der Waals surface area contributed by atoms with Crippen LogP contribution in [-0.2, 0) is 0 Å². The number of amides is 1. The van der Waals surface area contributed by atoms with Gasteiger partial charge in [-0.1, -0.05) is 18.2 Å². The molecule has 3 atom stereocenters. The summed E-state index contributed by atoms with van der Waals surface area (Å²) < 4.78 is 19.9. The Kier molecular flexibility index (Phi) is 3.27. The van der Waals surface area contributed by atoms with Gasteiger partial charge >= 0.3 is 0 Å². The standard InChI is InChI=1S/C22H20FN3O2/c23-14-10-15(19-18(11-14)28-21(25-19)13-4-2-1-3-5-13)20(27)24-17-12-22-7-9-26(22)8-6-16(17)22/h1-5,10-11,16-17H,6-9,12H2,(H,24,27). The quantitative estimate of drug-likeness (QED) is 0.758. The largest absolute Gasteiger partial charge is 0.436 e. The summed E-state index contributed by atoms with van der Waals surface area (Å²) in [4.78, 5) is 20.0. The van der Waals surface area contributed by atoms with Crippen molar-refractivity contribution in [3.05, 3.63) is 53.8 Å². The number of hydrogen-bond donors (Lipinski definition) is 1. The maximum Gasteiger partial charge on any atom is 0.253 e. The van der Waals surface area contributed by atoms with E-state index in [2.05, 4.69) is 15.2 Å². The van der Waals surface area contributed by atoms with Gasteiger partial charge in [0.1, 0.15) is 11.3 Å². The summed E-state index contributed by atoms with van der Waals surface area (Å²) in [5.74, 6) is 0.143. The lowest BCUT2D eigenvalue weighted by Gasteiger charge is -2.61. The lowest BCUT2D eigenvalue weighted by Crippen LogP contribution is -2.72. The molecule has 28 heavy (non-hydrogen) atoms. The number of carbonyl (C=O) groups is 1. The Hall–Kier alpha value is -2.73. The van der Waals surface area contributed by atoms with Gasteiger partial charge in [0.25, 0.3) is 5.91 Å². The number of rotatable bonds is 3. The molecule has 1 N–H and O–H groups in total. The highest BCUT2D eigenvalue weighted by Gasteiger charge is 2.64. The van der Waals surface area contributed by atoms with E-state index in [1.54, 1.807) is 0 Å². The second-order valence-electron chi connectivity index (χ2n) is 8.21.